The fourth-order valence-electron chi connectivity index (χ4n) is 2.03. The molecule has 0 unspecified atom stereocenters. The van der Waals surface area contributed by atoms with Gasteiger partial charge in [0.25, 0.3) is 5.91 Å². The van der Waals surface area contributed by atoms with Gasteiger partial charge in [-0.25, -0.2) is 4.68 Å². The predicted octanol–water partition coefficient (Wildman–Crippen LogP) is 4.36. The van der Waals surface area contributed by atoms with Crippen molar-refractivity contribution in [2.24, 2.45) is 0 Å². The molecule has 21 heavy (non-hydrogen) atoms. The van der Waals surface area contributed by atoms with Crippen LogP contribution in [-0.4, -0.2) is 22.3 Å². The summed E-state index contributed by atoms with van der Waals surface area (Å²) in [6, 6.07) is 3.83. The zero-order valence-corrected chi connectivity index (χ0v) is 15.5. The SMILES string of the molecule is Cc1cc(Br)cc(Br)c1OCC(=O)n1nc(C)c(C)c1C. The maximum Gasteiger partial charge on any atom is 0.284 e. The molecule has 6 heteroatoms. The smallest absolute Gasteiger partial charge is 0.284 e. The summed E-state index contributed by atoms with van der Waals surface area (Å²) in [7, 11) is 0. The van der Waals surface area contributed by atoms with Crippen molar-refractivity contribution in [3.63, 3.8) is 0 Å². The van der Waals surface area contributed by atoms with Crippen molar-refractivity contribution in [1.29, 1.82) is 0 Å². The van der Waals surface area contributed by atoms with E-state index in [0.29, 0.717) is 5.75 Å². The lowest BCUT2D eigenvalue weighted by molar-refractivity contribution is 0.0817. The highest BCUT2D eigenvalue weighted by atomic mass is 79.9. The molecule has 0 amide bonds. The molecule has 0 fully saturated rings. The summed E-state index contributed by atoms with van der Waals surface area (Å²) in [5.41, 5.74) is 3.70. The summed E-state index contributed by atoms with van der Waals surface area (Å²) >= 11 is 6.86. The van der Waals surface area contributed by atoms with Crippen LogP contribution in [0.5, 0.6) is 5.75 Å². The number of aromatic nitrogens is 2. The second kappa shape index (κ2) is 6.32. The fraction of sp³-hybridized carbons (Fsp3) is 0.333. The summed E-state index contributed by atoms with van der Waals surface area (Å²) in [6.07, 6.45) is 0. The minimum Gasteiger partial charge on any atom is -0.482 e. The number of rotatable bonds is 3. The van der Waals surface area contributed by atoms with Crippen molar-refractivity contribution in [3.05, 3.63) is 43.6 Å². The van der Waals surface area contributed by atoms with Crippen molar-refractivity contribution in [2.45, 2.75) is 27.7 Å². The Morgan fingerprint density at radius 1 is 1.24 bits per heavy atom. The molecule has 0 N–H and O–H groups in total. The van der Waals surface area contributed by atoms with Gasteiger partial charge < -0.3 is 4.74 Å². The summed E-state index contributed by atoms with van der Waals surface area (Å²) in [5, 5.41) is 4.25. The number of aryl methyl sites for hydroxylation is 2. The number of carbonyl (C=O) groups excluding carboxylic acids is 1. The third-order valence-corrected chi connectivity index (χ3v) is 4.47. The summed E-state index contributed by atoms with van der Waals surface area (Å²) in [6.45, 7) is 7.61. The number of halogens is 2. The monoisotopic (exact) mass is 414 g/mol. The minimum absolute atomic E-state index is 0.0531. The Morgan fingerprint density at radius 3 is 2.43 bits per heavy atom. The molecule has 2 aromatic rings. The van der Waals surface area contributed by atoms with Gasteiger partial charge in [0.05, 0.1) is 10.2 Å². The summed E-state index contributed by atoms with van der Waals surface area (Å²) in [4.78, 5) is 12.2. The Labute approximate surface area is 140 Å². The minimum atomic E-state index is -0.182. The highest BCUT2D eigenvalue weighted by Gasteiger charge is 2.15. The zero-order valence-electron chi connectivity index (χ0n) is 12.3. The number of benzene rings is 1. The highest BCUT2D eigenvalue weighted by Crippen LogP contribution is 2.32. The molecule has 0 saturated heterocycles. The lowest BCUT2D eigenvalue weighted by atomic mass is 10.2. The molecule has 0 aliphatic carbocycles. The van der Waals surface area contributed by atoms with Crippen LogP contribution in [0.3, 0.4) is 0 Å². The van der Waals surface area contributed by atoms with E-state index in [-0.39, 0.29) is 12.5 Å². The number of nitrogens with zero attached hydrogens (tertiary/aromatic N) is 2. The maximum absolute atomic E-state index is 12.2. The van der Waals surface area contributed by atoms with Gasteiger partial charge in [-0.1, -0.05) is 15.9 Å². The lowest BCUT2D eigenvalue weighted by Gasteiger charge is -2.11. The van der Waals surface area contributed by atoms with Crippen molar-refractivity contribution >= 4 is 37.8 Å². The Kier molecular flexibility index (Phi) is 4.88. The predicted molar refractivity (Wildman–Crippen MR) is 89.1 cm³/mol. The second-order valence-corrected chi connectivity index (χ2v) is 6.69. The molecule has 1 aromatic carbocycles. The van der Waals surface area contributed by atoms with Gasteiger partial charge in [0.1, 0.15) is 5.75 Å². The summed E-state index contributed by atoms with van der Waals surface area (Å²) in [5.74, 6) is 0.489. The van der Waals surface area contributed by atoms with Crippen molar-refractivity contribution < 1.29 is 9.53 Å². The van der Waals surface area contributed by atoms with E-state index in [4.69, 9.17) is 4.74 Å². The van der Waals surface area contributed by atoms with E-state index in [2.05, 4.69) is 37.0 Å². The molecule has 4 nitrogen and oxygen atoms in total. The second-order valence-electron chi connectivity index (χ2n) is 4.92. The van der Waals surface area contributed by atoms with E-state index in [1.165, 1.54) is 4.68 Å². The van der Waals surface area contributed by atoms with E-state index in [1.54, 1.807) is 0 Å². The molecule has 0 aliphatic heterocycles. The quantitative estimate of drug-likeness (QED) is 0.747. The molecule has 0 atom stereocenters. The lowest BCUT2D eigenvalue weighted by Crippen LogP contribution is -2.22. The Hall–Kier alpha value is -1.14. The number of hydrogen-bond donors (Lipinski definition) is 0. The zero-order chi connectivity index (χ0) is 15.7. The molecular formula is C15H16Br2N2O2. The fourth-order valence-corrected chi connectivity index (χ4v) is 3.58. The van der Waals surface area contributed by atoms with Crippen LogP contribution in [0.2, 0.25) is 0 Å². The van der Waals surface area contributed by atoms with E-state index in [1.807, 2.05) is 39.8 Å². The van der Waals surface area contributed by atoms with Gasteiger partial charge in [0.2, 0.25) is 0 Å². The molecule has 1 aromatic heterocycles. The number of hydrogen-bond acceptors (Lipinski definition) is 3. The Balaban J connectivity index is 2.17. The van der Waals surface area contributed by atoms with Crippen LogP contribution in [0.1, 0.15) is 27.3 Å². The van der Waals surface area contributed by atoms with Crippen LogP contribution in [0.15, 0.2) is 21.1 Å². The molecule has 0 bridgehead atoms. The van der Waals surface area contributed by atoms with Gasteiger partial charge in [-0.15, -0.1) is 0 Å². The molecule has 112 valence electrons. The molecule has 0 radical (unpaired) electrons. The normalized spacial score (nSPS) is 10.8. The van der Waals surface area contributed by atoms with E-state index < -0.39 is 0 Å². The largest absolute Gasteiger partial charge is 0.482 e. The van der Waals surface area contributed by atoms with Crippen molar-refractivity contribution in [2.75, 3.05) is 6.61 Å². The number of carbonyl (C=O) groups is 1. The van der Waals surface area contributed by atoms with Crippen LogP contribution in [0.4, 0.5) is 0 Å². The van der Waals surface area contributed by atoms with Gasteiger partial charge in [0, 0.05) is 10.2 Å². The van der Waals surface area contributed by atoms with E-state index in [0.717, 1.165) is 31.5 Å². The van der Waals surface area contributed by atoms with Crippen LogP contribution in [0.25, 0.3) is 0 Å². The van der Waals surface area contributed by atoms with E-state index >= 15 is 0 Å². The maximum atomic E-state index is 12.2. The molecule has 0 saturated carbocycles. The number of ether oxygens (including phenoxy) is 1. The van der Waals surface area contributed by atoms with E-state index in [9.17, 15) is 4.79 Å². The van der Waals surface area contributed by atoms with Crippen molar-refractivity contribution in [1.82, 2.24) is 9.78 Å². The third-order valence-electron chi connectivity index (χ3n) is 3.42. The first-order valence-electron chi connectivity index (χ1n) is 6.45. The highest BCUT2D eigenvalue weighted by molar-refractivity contribution is 9.11. The van der Waals surface area contributed by atoms with Gasteiger partial charge in [0.15, 0.2) is 6.61 Å². The van der Waals surface area contributed by atoms with Gasteiger partial charge in [-0.2, -0.15) is 5.10 Å². The van der Waals surface area contributed by atoms with Gasteiger partial charge >= 0.3 is 0 Å². The van der Waals surface area contributed by atoms with Crippen LogP contribution >= 0.6 is 31.9 Å². The molecule has 0 spiro atoms. The first kappa shape index (κ1) is 16.2. The molecule has 0 aliphatic rings. The van der Waals surface area contributed by atoms with Crippen molar-refractivity contribution in [3.8, 4) is 5.75 Å². The standard InChI is InChI=1S/C15H16Br2N2O2/c1-8-5-12(16)6-13(17)15(8)21-7-14(20)19-11(4)9(2)10(3)18-19/h5-6H,7H2,1-4H3. The molecule has 2 rings (SSSR count). The van der Waals surface area contributed by atoms with Gasteiger partial charge in [-0.05, 0) is 66.9 Å². The first-order valence-corrected chi connectivity index (χ1v) is 8.04. The average Bonchev–Trinajstić information content (AvgIpc) is 2.65. The van der Waals surface area contributed by atoms with Gasteiger partial charge in [-0.3, -0.25) is 4.79 Å². The Morgan fingerprint density at radius 2 is 1.90 bits per heavy atom. The molecular weight excluding hydrogens is 400 g/mol. The third kappa shape index (κ3) is 3.37. The topological polar surface area (TPSA) is 44.1 Å². The first-order chi connectivity index (χ1) is 9.81. The average molecular weight is 416 g/mol. The Bertz CT molecular complexity index is 685. The van der Waals surface area contributed by atoms with Crippen LogP contribution < -0.4 is 4.74 Å². The van der Waals surface area contributed by atoms with Crippen LogP contribution in [0, 0.1) is 27.7 Å². The molecule has 1 heterocycles. The van der Waals surface area contributed by atoms with Crippen LogP contribution in [-0.2, 0) is 0 Å². The summed E-state index contributed by atoms with van der Waals surface area (Å²) < 4.78 is 8.84.